The Morgan fingerprint density at radius 2 is 2.00 bits per heavy atom. The van der Waals surface area contributed by atoms with E-state index in [-0.39, 0.29) is 17.2 Å². The molecule has 0 aromatic rings. The van der Waals surface area contributed by atoms with Crippen LogP contribution < -0.4 is 5.32 Å². The highest BCUT2D eigenvalue weighted by molar-refractivity contribution is 5.85. The largest absolute Gasteiger partial charge is 0.480 e. The van der Waals surface area contributed by atoms with Crippen LogP contribution in [0.25, 0.3) is 0 Å². The molecule has 1 aliphatic carbocycles. The number of amides is 1. The van der Waals surface area contributed by atoms with Gasteiger partial charge < -0.3 is 10.4 Å². The average Bonchev–Trinajstić information content (AvgIpc) is 2.16. The zero-order chi connectivity index (χ0) is 12.3. The Bertz CT molecular complexity index is 286. The lowest BCUT2D eigenvalue weighted by molar-refractivity contribution is -0.143. The van der Waals surface area contributed by atoms with Crippen molar-refractivity contribution in [3.8, 4) is 0 Å². The first-order valence-corrected chi connectivity index (χ1v) is 5.88. The second-order valence-electron chi connectivity index (χ2n) is 5.36. The van der Waals surface area contributed by atoms with Crippen molar-refractivity contribution < 1.29 is 14.7 Å². The minimum absolute atomic E-state index is 0.0133. The fraction of sp³-hybridized carbons (Fsp3) is 0.833. The molecule has 0 aromatic carbocycles. The van der Waals surface area contributed by atoms with E-state index in [0.717, 1.165) is 25.7 Å². The van der Waals surface area contributed by atoms with Crippen molar-refractivity contribution >= 4 is 11.9 Å². The van der Waals surface area contributed by atoms with Gasteiger partial charge in [-0.15, -0.1) is 0 Å². The maximum atomic E-state index is 12.0. The Hall–Kier alpha value is -1.06. The van der Waals surface area contributed by atoms with Gasteiger partial charge in [0.2, 0.25) is 5.91 Å². The zero-order valence-electron chi connectivity index (χ0n) is 10.2. The number of hydrogen-bond donors (Lipinski definition) is 2. The van der Waals surface area contributed by atoms with Crippen LogP contribution in [0.15, 0.2) is 0 Å². The maximum Gasteiger partial charge on any atom is 0.325 e. The first kappa shape index (κ1) is 13.0. The topological polar surface area (TPSA) is 66.4 Å². The van der Waals surface area contributed by atoms with Crippen LogP contribution in [0, 0.1) is 11.3 Å². The van der Waals surface area contributed by atoms with Crippen molar-refractivity contribution in [3.63, 3.8) is 0 Å². The van der Waals surface area contributed by atoms with E-state index < -0.39 is 12.0 Å². The van der Waals surface area contributed by atoms with E-state index in [1.807, 2.05) is 0 Å². The van der Waals surface area contributed by atoms with Crippen LogP contribution in [-0.4, -0.2) is 23.0 Å². The summed E-state index contributed by atoms with van der Waals surface area (Å²) in [6.07, 6.45) is 4.12. The minimum Gasteiger partial charge on any atom is -0.480 e. The standard InChI is InChI=1S/C12H21NO3/c1-8(11(15)16)13-10(14)9-6-4-5-7-12(9,2)3/h8-9H,4-7H2,1-3H3,(H,13,14)(H,15,16). The van der Waals surface area contributed by atoms with E-state index in [2.05, 4.69) is 19.2 Å². The normalized spacial score (nSPS) is 25.8. The third-order valence-electron chi connectivity index (χ3n) is 3.55. The molecule has 0 heterocycles. The molecule has 2 unspecified atom stereocenters. The average molecular weight is 227 g/mol. The second kappa shape index (κ2) is 4.85. The molecule has 4 heteroatoms. The molecule has 1 aliphatic rings. The molecular formula is C12H21NO3. The van der Waals surface area contributed by atoms with E-state index in [9.17, 15) is 9.59 Å². The van der Waals surface area contributed by atoms with E-state index >= 15 is 0 Å². The van der Waals surface area contributed by atoms with Gasteiger partial charge in [-0.3, -0.25) is 9.59 Å². The van der Waals surface area contributed by atoms with Crippen LogP contribution >= 0.6 is 0 Å². The number of carboxylic acid groups (broad SMARTS) is 1. The monoisotopic (exact) mass is 227 g/mol. The van der Waals surface area contributed by atoms with Gasteiger partial charge >= 0.3 is 5.97 Å². The molecule has 0 aromatic heterocycles. The van der Waals surface area contributed by atoms with Crippen molar-refractivity contribution in [3.05, 3.63) is 0 Å². The fourth-order valence-electron chi connectivity index (χ4n) is 2.36. The Labute approximate surface area is 96.4 Å². The Balaban J connectivity index is 2.62. The first-order valence-electron chi connectivity index (χ1n) is 5.88. The van der Waals surface area contributed by atoms with Gasteiger partial charge in [0.25, 0.3) is 0 Å². The lowest BCUT2D eigenvalue weighted by Crippen LogP contribution is -2.46. The summed E-state index contributed by atoms with van der Waals surface area (Å²) in [7, 11) is 0. The Morgan fingerprint density at radius 1 is 1.38 bits per heavy atom. The highest BCUT2D eigenvalue weighted by Gasteiger charge is 2.37. The molecule has 1 amide bonds. The summed E-state index contributed by atoms with van der Waals surface area (Å²) in [6, 6.07) is -0.801. The second-order valence-corrected chi connectivity index (χ2v) is 5.36. The smallest absolute Gasteiger partial charge is 0.325 e. The van der Waals surface area contributed by atoms with E-state index in [1.165, 1.54) is 6.92 Å². The van der Waals surface area contributed by atoms with Crippen LogP contribution in [0.2, 0.25) is 0 Å². The molecule has 2 atom stereocenters. The van der Waals surface area contributed by atoms with Crippen molar-refractivity contribution in [1.82, 2.24) is 5.32 Å². The third kappa shape index (κ3) is 2.97. The molecule has 0 bridgehead atoms. The number of rotatable bonds is 3. The number of carbonyl (C=O) groups is 2. The lowest BCUT2D eigenvalue weighted by Gasteiger charge is -2.37. The number of nitrogens with one attached hydrogen (secondary N) is 1. The van der Waals surface area contributed by atoms with E-state index in [1.54, 1.807) is 0 Å². The molecule has 0 spiro atoms. The summed E-state index contributed by atoms with van der Waals surface area (Å²) in [5.74, 6) is -1.15. The summed E-state index contributed by atoms with van der Waals surface area (Å²) >= 11 is 0. The van der Waals surface area contributed by atoms with Gasteiger partial charge in [-0.1, -0.05) is 26.7 Å². The van der Waals surface area contributed by atoms with Crippen LogP contribution in [0.5, 0.6) is 0 Å². The summed E-state index contributed by atoms with van der Waals surface area (Å²) in [5.41, 5.74) is -0.0133. The van der Waals surface area contributed by atoms with Crippen molar-refractivity contribution in [2.75, 3.05) is 0 Å². The number of aliphatic carboxylic acids is 1. The van der Waals surface area contributed by atoms with Crippen molar-refractivity contribution in [1.29, 1.82) is 0 Å². The summed E-state index contributed by atoms with van der Waals surface area (Å²) in [5, 5.41) is 11.3. The predicted octanol–water partition coefficient (Wildman–Crippen LogP) is 1.79. The first-order chi connectivity index (χ1) is 7.34. The summed E-state index contributed by atoms with van der Waals surface area (Å²) < 4.78 is 0. The Kier molecular flexibility index (Phi) is 3.94. The van der Waals surface area contributed by atoms with Gasteiger partial charge in [-0.25, -0.2) is 0 Å². The summed E-state index contributed by atoms with van der Waals surface area (Å²) in [6.45, 7) is 5.67. The number of carboxylic acids is 1. The lowest BCUT2D eigenvalue weighted by atomic mass is 9.68. The molecule has 0 radical (unpaired) electrons. The van der Waals surface area contributed by atoms with E-state index in [0.29, 0.717) is 0 Å². The van der Waals surface area contributed by atoms with Crippen molar-refractivity contribution in [2.24, 2.45) is 11.3 Å². The predicted molar refractivity (Wildman–Crippen MR) is 61.0 cm³/mol. The highest BCUT2D eigenvalue weighted by atomic mass is 16.4. The quantitative estimate of drug-likeness (QED) is 0.772. The molecular weight excluding hydrogens is 206 g/mol. The number of hydrogen-bond acceptors (Lipinski definition) is 2. The molecule has 0 saturated heterocycles. The molecule has 16 heavy (non-hydrogen) atoms. The maximum absolute atomic E-state index is 12.0. The van der Waals surface area contributed by atoms with Gasteiger partial charge in [0.15, 0.2) is 0 Å². The van der Waals surface area contributed by atoms with Gasteiger partial charge in [0.05, 0.1) is 0 Å². The van der Waals surface area contributed by atoms with Gasteiger partial charge in [-0.2, -0.15) is 0 Å². The van der Waals surface area contributed by atoms with Crippen molar-refractivity contribution in [2.45, 2.75) is 52.5 Å². The molecule has 4 nitrogen and oxygen atoms in total. The highest BCUT2D eigenvalue weighted by Crippen LogP contribution is 2.40. The van der Waals surface area contributed by atoms with E-state index in [4.69, 9.17) is 5.11 Å². The molecule has 1 fully saturated rings. The Morgan fingerprint density at radius 3 is 2.50 bits per heavy atom. The molecule has 1 saturated carbocycles. The molecule has 0 aliphatic heterocycles. The van der Waals surface area contributed by atoms with Gasteiger partial charge in [0.1, 0.15) is 6.04 Å². The third-order valence-corrected chi connectivity index (χ3v) is 3.55. The van der Waals surface area contributed by atoms with Gasteiger partial charge in [0, 0.05) is 5.92 Å². The number of carbonyl (C=O) groups excluding carboxylic acids is 1. The molecule has 1 rings (SSSR count). The summed E-state index contributed by atoms with van der Waals surface area (Å²) in [4.78, 5) is 22.6. The van der Waals surface area contributed by atoms with Crippen LogP contribution in [0.4, 0.5) is 0 Å². The van der Waals surface area contributed by atoms with Crippen LogP contribution in [0.1, 0.15) is 46.5 Å². The molecule has 92 valence electrons. The SMILES string of the molecule is CC(NC(=O)C1CCCCC1(C)C)C(=O)O. The minimum atomic E-state index is -0.984. The van der Waals surface area contributed by atoms with Crippen LogP contribution in [-0.2, 0) is 9.59 Å². The van der Waals surface area contributed by atoms with Gasteiger partial charge in [-0.05, 0) is 25.2 Å². The van der Waals surface area contributed by atoms with Crippen LogP contribution in [0.3, 0.4) is 0 Å². The molecule has 2 N–H and O–H groups in total. The fourth-order valence-corrected chi connectivity index (χ4v) is 2.36. The zero-order valence-corrected chi connectivity index (χ0v) is 10.2.